The molecule has 7 heteroatoms. The fraction of sp³-hybridized carbons (Fsp3) is 0.875. The zero-order valence-corrected chi connectivity index (χ0v) is 10.1. The molecule has 1 aliphatic heterocycles. The lowest BCUT2D eigenvalue weighted by Gasteiger charge is -2.30. The fourth-order valence-corrected chi connectivity index (χ4v) is 2.35. The minimum absolute atomic E-state index is 0.163. The molecule has 1 unspecified atom stereocenters. The van der Waals surface area contributed by atoms with Gasteiger partial charge in [-0.2, -0.15) is 0 Å². The van der Waals surface area contributed by atoms with E-state index in [9.17, 15) is 13.2 Å². The van der Waals surface area contributed by atoms with Crippen molar-refractivity contribution in [2.45, 2.75) is 12.8 Å². The Morgan fingerprint density at radius 2 is 2.27 bits per heavy atom. The number of nitrogens with one attached hydrogen (secondary N) is 1. The van der Waals surface area contributed by atoms with Gasteiger partial charge in [0.05, 0.1) is 6.26 Å². The summed E-state index contributed by atoms with van der Waals surface area (Å²) < 4.78 is 24.2. The van der Waals surface area contributed by atoms with E-state index in [0.29, 0.717) is 19.6 Å². The number of hydrogen-bond donors (Lipinski definition) is 1. The first kappa shape index (κ1) is 12.7. The first-order chi connectivity index (χ1) is 6.88. The number of nitrogens with zero attached hydrogens (tertiary/aromatic N) is 1. The number of carbonyl (C=O) groups is 1. The van der Waals surface area contributed by atoms with E-state index in [1.54, 1.807) is 4.90 Å². The molecule has 0 aromatic heterocycles. The van der Waals surface area contributed by atoms with E-state index in [2.05, 4.69) is 4.72 Å². The van der Waals surface area contributed by atoms with Crippen molar-refractivity contribution in [2.75, 3.05) is 25.9 Å². The van der Waals surface area contributed by atoms with Crippen molar-refractivity contribution < 1.29 is 13.2 Å². The Morgan fingerprint density at radius 3 is 2.80 bits per heavy atom. The molecule has 0 aliphatic carbocycles. The SMILES string of the molecule is CS(=O)(=O)NCC1CCCN(C(=O)Cl)C1. The summed E-state index contributed by atoms with van der Waals surface area (Å²) in [6, 6.07) is 0. The third-order valence-electron chi connectivity index (χ3n) is 2.40. The van der Waals surface area contributed by atoms with Crippen LogP contribution in [-0.4, -0.2) is 44.6 Å². The first-order valence-electron chi connectivity index (χ1n) is 4.77. The largest absolute Gasteiger partial charge is 0.329 e. The number of amides is 1. The smallest absolute Gasteiger partial charge is 0.316 e. The number of hydrogen-bond acceptors (Lipinski definition) is 3. The summed E-state index contributed by atoms with van der Waals surface area (Å²) in [5.41, 5.74) is 0. The quantitative estimate of drug-likeness (QED) is 0.593. The molecule has 1 heterocycles. The predicted molar refractivity (Wildman–Crippen MR) is 58.4 cm³/mol. The first-order valence-corrected chi connectivity index (χ1v) is 7.04. The molecular formula is C8H15ClN2O3S. The van der Waals surface area contributed by atoms with Gasteiger partial charge in [0.2, 0.25) is 10.0 Å². The monoisotopic (exact) mass is 254 g/mol. The number of halogens is 1. The lowest BCUT2D eigenvalue weighted by molar-refractivity contribution is 0.187. The van der Waals surface area contributed by atoms with E-state index in [4.69, 9.17) is 11.6 Å². The van der Waals surface area contributed by atoms with Crippen LogP contribution in [0.2, 0.25) is 0 Å². The number of carbonyl (C=O) groups excluding carboxylic acids is 1. The van der Waals surface area contributed by atoms with Gasteiger partial charge in [-0.3, -0.25) is 4.79 Å². The molecule has 88 valence electrons. The third-order valence-corrected chi connectivity index (χ3v) is 3.33. The molecule has 1 rings (SSSR count). The molecule has 1 N–H and O–H groups in total. The maximum atomic E-state index is 10.9. The van der Waals surface area contributed by atoms with Gasteiger partial charge in [-0.05, 0) is 30.4 Å². The molecule has 1 saturated heterocycles. The van der Waals surface area contributed by atoms with Crippen LogP contribution in [-0.2, 0) is 10.0 Å². The maximum Gasteiger partial charge on any atom is 0.316 e. The van der Waals surface area contributed by atoms with Crippen molar-refractivity contribution in [1.82, 2.24) is 9.62 Å². The summed E-state index contributed by atoms with van der Waals surface area (Å²) in [7, 11) is -3.15. The van der Waals surface area contributed by atoms with E-state index in [1.165, 1.54) is 0 Å². The average molecular weight is 255 g/mol. The zero-order chi connectivity index (χ0) is 11.5. The molecule has 0 aromatic rings. The number of sulfonamides is 1. The molecule has 1 aliphatic rings. The highest BCUT2D eigenvalue weighted by Crippen LogP contribution is 2.17. The standard InChI is InChI=1S/C8H15ClN2O3S/c1-15(13,14)10-5-7-3-2-4-11(6-7)8(9)12/h7,10H,2-6H2,1H3. The van der Waals surface area contributed by atoms with Crippen molar-refractivity contribution in [3.05, 3.63) is 0 Å². The summed E-state index contributed by atoms with van der Waals surface area (Å²) in [4.78, 5) is 12.4. The zero-order valence-electron chi connectivity index (χ0n) is 8.57. The van der Waals surface area contributed by atoms with Gasteiger partial charge in [0, 0.05) is 19.6 Å². The van der Waals surface area contributed by atoms with Crippen molar-refractivity contribution in [3.8, 4) is 0 Å². The number of likely N-dealkylation sites (tertiary alicyclic amines) is 1. The summed E-state index contributed by atoms with van der Waals surface area (Å²) in [5, 5.41) is -0.459. The second-order valence-electron chi connectivity index (χ2n) is 3.83. The van der Waals surface area contributed by atoms with Crippen LogP contribution in [0.1, 0.15) is 12.8 Å². The second kappa shape index (κ2) is 5.14. The Hall–Kier alpha value is -0.330. The van der Waals surface area contributed by atoms with Gasteiger partial charge in [-0.15, -0.1) is 0 Å². The van der Waals surface area contributed by atoms with Gasteiger partial charge in [0.25, 0.3) is 0 Å². The second-order valence-corrected chi connectivity index (χ2v) is 5.98. The van der Waals surface area contributed by atoms with Gasteiger partial charge in [-0.1, -0.05) is 0 Å². The Kier molecular flexibility index (Phi) is 4.36. The van der Waals surface area contributed by atoms with E-state index < -0.39 is 15.4 Å². The van der Waals surface area contributed by atoms with Gasteiger partial charge in [0.15, 0.2) is 0 Å². The van der Waals surface area contributed by atoms with Crippen molar-refractivity contribution in [3.63, 3.8) is 0 Å². The summed E-state index contributed by atoms with van der Waals surface area (Å²) in [6.45, 7) is 1.57. The van der Waals surface area contributed by atoms with Crippen molar-refractivity contribution >= 4 is 27.0 Å². The third kappa shape index (κ3) is 4.81. The minimum atomic E-state index is -3.15. The predicted octanol–water partition coefficient (Wildman–Crippen LogP) is 0.606. The van der Waals surface area contributed by atoms with Crippen LogP contribution in [0.5, 0.6) is 0 Å². The molecule has 0 aromatic carbocycles. The lowest BCUT2D eigenvalue weighted by Crippen LogP contribution is -2.41. The van der Waals surface area contributed by atoms with Crippen LogP contribution >= 0.6 is 11.6 Å². The van der Waals surface area contributed by atoms with Gasteiger partial charge in [-0.25, -0.2) is 13.1 Å². The fourth-order valence-electron chi connectivity index (χ4n) is 1.66. The Bertz CT molecular complexity index is 331. The van der Waals surface area contributed by atoms with Crippen molar-refractivity contribution in [1.29, 1.82) is 0 Å². The maximum absolute atomic E-state index is 10.9. The van der Waals surface area contributed by atoms with Crippen LogP contribution in [0.3, 0.4) is 0 Å². The Morgan fingerprint density at radius 1 is 1.60 bits per heavy atom. The summed E-state index contributed by atoms with van der Waals surface area (Å²) >= 11 is 5.36. The van der Waals surface area contributed by atoms with Gasteiger partial charge < -0.3 is 4.90 Å². The Labute approximate surface area is 94.8 Å². The highest BCUT2D eigenvalue weighted by molar-refractivity contribution is 7.88. The molecule has 0 saturated carbocycles. The van der Waals surface area contributed by atoms with Gasteiger partial charge >= 0.3 is 5.37 Å². The van der Waals surface area contributed by atoms with E-state index in [1.807, 2.05) is 0 Å². The molecule has 15 heavy (non-hydrogen) atoms. The Balaban J connectivity index is 2.40. The highest BCUT2D eigenvalue weighted by Gasteiger charge is 2.22. The van der Waals surface area contributed by atoms with Crippen LogP contribution in [0, 0.1) is 5.92 Å². The molecule has 1 fully saturated rings. The van der Waals surface area contributed by atoms with Crippen LogP contribution in [0.15, 0.2) is 0 Å². The summed E-state index contributed by atoms with van der Waals surface area (Å²) in [5.74, 6) is 0.163. The van der Waals surface area contributed by atoms with E-state index >= 15 is 0 Å². The van der Waals surface area contributed by atoms with Crippen LogP contribution < -0.4 is 4.72 Å². The number of rotatable bonds is 3. The molecule has 1 amide bonds. The molecule has 1 atom stereocenters. The summed E-state index contributed by atoms with van der Waals surface area (Å²) in [6.07, 6.45) is 2.91. The van der Waals surface area contributed by atoms with Crippen molar-refractivity contribution in [2.24, 2.45) is 5.92 Å². The normalized spacial score (nSPS) is 22.8. The highest BCUT2D eigenvalue weighted by atomic mass is 35.5. The van der Waals surface area contributed by atoms with E-state index in [-0.39, 0.29) is 5.92 Å². The topological polar surface area (TPSA) is 66.5 Å². The minimum Gasteiger partial charge on any atom is -0.329 e. The lowest BCUT2D eigenvalue weighted by atomic mass is 9.99. The molecule has 0 bridgehead atoms. The molecule has 0 spiro atoms. The molecule has 0 radical (unpaired) electrons. The van der Waals surface area contributed by atoms with Gasteiger partial charge in [0.1, 0.15) is 0 Å². The number of piperidine rings is 1. The average Bonchev–Trinajstić information content (AvgIpc) is 2.14. The molecule has 5 nitrogen and oxygen atoms in total. The van der Waals surface area contributed by atoms with Crippen LogP contribution in [0.25, 0.3) is 0 Å². The van der Waals surface area contributed by atoms with Crippen LogP contribution in [0.4, 0.5) is 4.79 Å². The molecular weight excluding hydrogens is 240 g/mol. The van der Waals surface area contributed by atoms with E-state index in [0.717, 1.165) is 19.1 Å².